The van der Waals surface area contributed by atoms with E-state index < -0.39 is 0 Å². The number of fused-ring (bicyclic) bond motifs is 1. The predicted octanol–water partition coefficient (Wildman–Crippen LogP) is 1.51. The number of halogens is 1. The summed E-state index contributed by atoms with van der Waals surface area (Å²) in [5.41, 5.74) is 0.507. The van der Waals surface area contributed by atoms with Gasteiger partial charge in [0.1, 0.15) is 5.52 Å². The van der Waals surface area contributed by atoms with Gasteiger partial charge in [-0.1, -0.05) is 12.1 Å². The summed E-state index contributed by atoms with van der Waals surface area (Å²) in [7, 11) is 1.71. The molecule has 2 aromatic rings. The van der Waals surface area contributed by atoms with E-state index in [0.29, 0.717) is 5.52 Å². The Labute approximate surface area is 63.3 Å². The number of aryl methyl sites for hydroxylation is 1. The van der Waals surface area contributed by atoms with E-state index in [9.17, 15) is 4.39 Å². The predicted molar refractivity (Wildman–Crippen MR) is 39.5 cm³/mol. The molecule has 0 fully saturated rings. The van der Waals surface area contributed by atoms with Crippen LogP contribution in [-0.4, -0.2) is 9.78 Å². The van der Waals surface area contributed by atoms with E-state index in [2.05, 4.69) is 11.2 Å². The van der Waals surface area contributed by atoms with E-state index in [1.807, 2.05) is 0 Å². The fourth-order valence-electron chi connectivity index (χ4n) is 1.12. The Morgan fingerprint density at radius 3 is 3.18 bits per heavy atom. The van der Waals surface area contributed by atoms with E-state index >= 15 is 0 Å². The van der Waals surface area contributed by atoms with Gasteiger partial charge in [-0.25, -0.2) is 4.39 Å². The first kappa shape index (κ1) is 6.34. The van der Waals surface area contributed by atoms with Crippen molar-refractivity contribution in [3.8, 4) is 0 Å². The van der Waals surface area contributed by atoms with Gasteiger partial charge in [0.15, 0.2) is 5.82 Å². The van der Waals surface area contributed by atoms with E-state index in [1.165, 1.54) is 4.68 Å². The van der Waals surface area contributed by atoms with Crippen LogP contribution in [0.2, 0.25) is 0 Å². The highest BCUT2D eigenvalue weighted by atomic mass is 19.1. The normalized spacial score (nSPS) is 10.7. The summed E-state index contributed by atoms with van der Waals surface area (Å²) in [4.78, 5) is 0. The van der Waals surface area contributed by atoms with Gasteiger partial charge in [0.25, 0.3) is 0 Å². The van der Waals surface area contributed by atoms with Crippen molar-refractivity contribution in [2.24, 2.45) is 7.05 Å². The zero-order valence-corrected chi connectivity index (χ0v) is 6.00. The summed E-state index contributed by atoms with van der Waals surface area (Å²) in [6.45, 7) is 0. The Morgan fingerprint density at radius 2 is 2.45 bits per heavy atom. The molecular weight excluding hydrogens is 143 g/mol. The third kappa shape index (κ3) is 0.808. The van der Waals surface area contributed by atoms with Crippen LogP contribution in [0.1, 0.15) is 0 Å². The molecule has 3 heteroatoms. The minimum Gasteiger partial charge on any atom is -0.265 e. The summed E-state index contributed by atoms with van der Waals surface area (Å²) in [6, 6.07) is 5.81. The minimum absolute atomic E-state index is 0.345. The van der Waals surface area contributed by atoms with Gasteiger partial charge in [0.2, 0.25) is 0 Å². The lowest BCUT2D eigenvalue weighted by Gasteiger charge is -1.93. The van der Waals surface area contributed by atoms with Crippen molar-refractivity contribution in [3.63, 3.8) is 0 Å². The number of aromatic nitrogens is 2. The fourth-order valence-corrected chi connectivity index (χ4v) is 1.12. The largest absolute Gasteiger partial charge is 0.265 e. The summed E-state index contributed by atoms with van der Waals surface area (Å²) < 4.78 is 14.5. The van der Waals surface area contributed by atoms with Crippen molar-refractivity contribution in [2.75, 3.05) is 0 Å². The molecule has 11 heavy (non-hydrogen) atoms. The van der Waals surface area contributed by atoms with Crippen LogP contribution < -0.4 is 0 Å². The fraction of sp³-hybridized carbons (Fsp3) is 0.125. The average molecular weight is 149 g/mol. The van der Waals surface area contributed by atoms with Gasteiger partial charge in [-0.05, 0) is 0 Å². The molecule has 0 aliphatic carbocycles. The molecule has 1 aromatic heterocycles. The molecule has 0 atom stereocenters. The standard InChI is InChI=1S/C8H6FN2/c1-11-8-6(5-10-11)3-2-4-7(8)9/h2-3,5H,1H3. The maximum atomic E-state index is 13.0. The quantitative estimate of drug-likeness (QED) is 0.555. The molecule has 0 aliphatic heterocycles. The zero-order chi connectivity index (χ0) is 7.84. The van der Waals surface area contributed by atoms with Gasteiger partial charge < -0.3 is 0 Å². The smallest absolute Gasteiger partial charge is 0.156 e. The first-order chi connectivity index (χ1) is 5.29. The molecular formula is C8H6FN2. The second-order valence-electron chi connectivity index (χ2n) is 2.36. The first-order valence-corrected chi connectivity index (χ1v) is 3.27. The third-order valence-electron chi connectivity index (χ3n) is 1.65. The topological polar surface area (TPSA) is 17.8 Å². The van der Waals surface area contributed by atoms with Crippen molar-refractivity contribution in [1.29, 1.82) is 0 Å². The number of nitrogens with zero attached hydrogens (tertiary/aromatic N) is 2. The van der Waals surface area contributed by atoms with Crippen LogP contribution in [0.15, 0.2) is 18.3 Å². The van der Waals surface area contributed by atoms with Crippen LogP contribution in [0.3, 0.4) is 0 Å². The Hall–Kier alpha value is -1.38. The van der Waals surface area contributed by atoms with Crippen LogP contribution in [0.5, 0.6) is 0 Å². The van der Waals surface area contributed by atoms with Crippen molar-refractivity contribution < 1.29 is 4.39 Å². The minimum atomic E-state index is -0.345. The van der Waals surface area contributed by atoms with Crippen molar-refractivity contribution in [2.45, 2.75) is 0 Å². The van der Waals surface area contributed by atoms with Gasteiger partial charge in [-0.2, -0.15) is 5.10 Å². The lowest BCUT2D eigenvalue weighted by molar-refractivity contribution is 0.623. The van der Waals surface area contributed by atoms with E-state index in [1.54, 1.807) is 25.4 Å². The SMILES string of the molecule is Cn1ncc2cc[c]c(F)c21. The Morgan fingerprint density at radius 1 is 1.64 bits per heavy atom. The molecule has 0 unspecified atom stereocenters. The van der Waals surface area contributed by atoms with Crippen molar-refractivity contribution in [1.82, 2.24) is 9.78 Å². The summed E-state index contributed by atoms with van der Waals surface area (Å²) in [5, 5.41) is 4.72. The monoisotopic (exact) mass is 149 g/mol. The van der Waals surface area contributed by atoms with Crippen molar-refractivity contribution in [3.05, 3.63) is 30.2 Å². The summed E-state index contributed by atoms with van der Waals surface area (Å²) >= 11 is 0. The van der Waals surface area contributed by atoms with E-state index in [-0.39, 0.29) is 5.82 Å². The van der Waals surface area contributed by atoms with Crippen LogP contribution in [0, 0.1) is 11.9 Å². The summed E-state index contributed by atoms with van der Waals surface area (Å²) in [5.74, 6) is -0.345. The third-order valence-corrected chi connectivity index (χ3v) is 1.65. The van der Waals surface area contributed by atoms with Crippen LogP contribution in [0.4, 0.5) is 4.39 Å². The number of hydrogen-bond donors (Lipinski definition) is 0. The number of rotatable bonds is 0. The average Bonchev–Trinajstić information content (AvgIpc) is 2.34. The van der Waals surface area contributed by atoms with Gasteiger partial charge in [-0.15, -0.1) is 0 Å². The maximum absolute atomic E-state index is 13.0. The highest BCUT2D eigenvalue weighted by Gasteiger charge is 2.03. The van der Waals surface area contributed by atoms with Crippen LogP contribution in [-0.2, 0) is 7.05 Å². The first-order valence-electron chi connectivity index (χ1n) is 3.27. The molecule has 0 aliphatic rings. The molecule has 1 heterocycles. The van der Waals surface area contributed by atoms with Crippen LogP contribution in [0.25, 0.3) is 10.9 Å². The highest BCUT2D eigenvalue weighted by Crippen LogP contribution is 2.14. The number of benzene rings is 1. The molecule has 55 valence electrons. The van der Waals surface area contributed by atoms with Gasteiger partial charge in [-0.3, -0.25) is 4.68 Å². The Balaban J connectivity index is 2.96. The Kier molecular flexibility index (Phi) is 1.18. The second kappa shape index (κ2) is 2.05. The van der Waals surface area contributed by atoms with E-state index in [4.69, 9.17) is 0 Å². The number of hydrogen-bond acceptors (Lipinski definition) is 1. The zero-order valence-electron chi connectivity index (χ0n) is 6.00. The molecule has 2 rings (SSSR count). The molecule has 0 bridgehead atoms. The van der Waals surface area contributed by atoms with Gasteiger partial charge >= 0.3 is 0 Å². The maximum Gasteiger partial charge on any atom is 0.156 e. The van der Waals surface area contributed by atoms with E-state index in [0.717, 1.165) is 5.39 Å². The molecule has 0 spiro atoms. The lowest BCUT2D eigenvalue weighted by atomic mass is 10.2. The molecule has 1 radical (unpaired) electrons. The summed E-state index contributed by atoms with van der Waals surface area (Å²) in [6.07, 6.45) is 1.63. The highest BCUT2D eigenvalue weighted by molar-refractivity contribution is 5.78. The molecule has 0 N–H and O–H groups in total. The van der Waals surface area contributed by atoms with Crippen LogP contribution >= 0.6 is 0 Å². The molecule has 0 saturated heterocycles. The van der Waals surface area contributed by atoms with Gasteiger partial charge in [0, 0.05) is 18.5 Å². The molecule has 0 amide bonds. The van der Waals surface area contributed by atoms with Gasteiger partial charge in [0.05, 0.1) is 6.20 Å². The second-order valence-corrected chi connectivity index (χ2v) is 2.36. The molecule has 2 nitrogen and oxygen atoms in total. The molecule has 1 aromatic carbocycles. The molecule has 0 saturated carbocycles. The lowest BCUT2D eigenvalue weighted by Crippen LogP contribution is -1.91. The Bertz CT molecular complexity index is 392. The van der Waals surface area contributed by atoms with Crippen molar-refractivity contribution >= 4 is 10.9 Å².